The molecule has 0 aromatic heterocycles. The molecule has 2 aromatic carbocycles. The largest absolute Gasteiger partial charge is 0.483 e. The molecule has 1 fully saturated rings. The van der Waals surface area contributed by atoms with Gasteiger partial charge in [-0.2, -0.15) is 0 Å². The maximum Gasteiger partial charge on any atom is 0.263 e. The van der Waals surface area contributed by atoms with Gasteiger partial charge in [-0.15, -0.1) is 0 Å². The minimum atomic E-state index is -0.609. The quantitative estimate of drug-likeness (QED) is 0.342. The zero-order valence-corrected chi connectivity index (χ0v) is 18.6. The third-order valence-corrected chi connectivity index (χ3v) is 4.93. The zero-order chi connectivity index (χ0) is 21.8. The highest BCUT2D eigenvalue weighted by atomic mass is 79.9. The fraction of sp³-hybridized carbons (Fsp3) is 0.143. The highest BCUT2D eigenvalue weighted by molar-refractivity contribution is 9.10. The molecule has 0 unspecified atom stereocenters. The standard InChI is InChI=1S/C21H18BrN3O4S/c1-11-3-5-16(12(2)7-11)23-18(26)10-29-17-6-4-14(22)8-13(17)9-15-19(27)24-21(30)25-20(15)28/h3-9H,10H2,1-2H3,(H,23,26)(H2,24,25,27,28,30). The van der Waals surface area contributed by atoms with Crippen LogP contribution in [0.4, 0.5) is 5.69 Å². The average molecular weight is 488 g/mol. The van der Waals surface area contributed by atoms with Gasteiger partial charge in [0.15, 0.2) is 11.7 Å². The molecule has 7 nitrogen and oxygen atoms in total. The van der Waals surface area contributed by atoms with E-state index in [1.54, 1.807) is 18.2 Å². The monoisotopic (exact) mass is 487 g/mol. The third-order valence-electron chi connectivity index (χ3n) is 4.23. The first kappa shape index (κ1) is 21.7. The zero-order valence-electron chi connectivity index (χ0n) is 16.2. The van der Waals surface area contributed by atoms with Crippen LogP contribution in [0, 0.1) is 13.8 Å². The van der Waals surface area contributed by atoms with E-state index in [1.165, 1.54) is 6.08 Å². The Balaban J connectivity index is 1.76. The van der Waals surface area contributed by atoms with E-state index in [2.05, 4.69) is 31.9 Å². The van der Waals surface area contributed by atoms with E-state index < -0.39 is 11.8 Å². The molecule has 0 atom stereocenters. The molecule has 1 saturated heterocycles. The lowest BCUT2D eigenvalue weighted by atomic mass is 10.1. The summed E-state index contributed by atoms with van der Waals surface area (Å²) in [4.78, 5) is 36.5. The van der Waals surface area contributed by atoms with E-state index in [1.807, 2.05) is 32.0 Å². The number of amides is 3. The number of benzene rings is 2. The Bertz CT molecular complexity index is 1080. The second-order valence-corrected chi connectivity index (χ2v) is 7.96. The van der Waals surface area contributed by atoms with Crippen molar-refractivity contribution < 1.29 is 19.1 Å². The van der Waals surface area contributed by atoms with Crippen LogP contribution in [0.25, 0.3) is 6.08 Å². The first-order valence-corrected chi connectivity index (χ1v) is 10.1. The van der Waals surface area contributed by atoms with E-state index in [4.69, 9.17) is 17.0 Å². The molecule has 30 heavy (non-hydrogen) atoms. The van der Waals surface area contributed by atoms with Crippen LogP contribution in [0.5, 0.6) is 5.75 Å². The molecule has 1 heterocycles. The molecular weight excluding hydrogens is 470 g/mol. The predicted octanol–water partition coefficient (Wildman–Crippen LogP) is 3.00. The lowest BCUT2D eigenvalue weighted by Crippen LogP contribution is -2.51. The van der Waals surface area contributed by atoms with Crippen LogP contribution in [0.2, 0.25) is 0 Å². The first-order chi connectivity index (χ1) is 14.2. The van der Waals surface area contributed by atoms with Crippen LogP contribution in [0.15, 0.2) is 46.4 Å². The van der Waals surface area contributed by atoms with E-state index in [9.17, 15) is 14.4 Å². The number of ether oxygens (including phenoxy) is 1. The van der Waals surface area contributed by atoms with Gasteiger partial charge in [0.25, 0.3) is 17.7 Å². The summed E-state index contributed by atoms with van der Waals surface area (Å²) in [5.74, 6) is -1.21. The SMILES string of the molecule is Cc1ccc(NC(=O)COc2ccc(Br)cc2C=C2C(=O)NC(=S)NC2=O)c(C)c1. The molecule has 2 aromatic rings. The predicted molar refractivity (Wildman–Crippen MR) is 121 cm³/mol. The molecule has 0 radical (unpaired) electrons. The van der Waals surface area contributed by atoms with Crippen LogP contribution >= 0.6 is 28.1 Å². The normalized spacial score (nSPS) is 13.4. The number of carbonyl (C=O) groups excluding carboxylic acids is 3. The molecular formula is C21H18BrN3O4S. The number of anilines is 1. The molecule has 154 valence electrons. The summed E-state index contributed by atoms with van der Waals surface area (Å²) in [6.45, 7) is 3.65. The lowest BCUT2D eigenvalue weighted by Gasteiger charge is -2.17. The average Bonchev–Trinajstić information content (AvgIpc) is 2.66. The maximum atomic E-state index is 12.3. The van der Waals surface area contributed by atoms with Gasteiger partial charge in [0.05, 0.1) is 0 Å². The second-order valence-electron chi connectivity index (χ2n) is 6.63. The Hall–Kier alpha value is -3.04. The van der Waals surface area contributed by atoms with Crippen molar-refractivity contribution in [3.63, 3.8) is 0 Å². The van der Waals surface area contributed by atoms with Crippen molar-refractivity contribution in [2.75, 3.05) is 11.9 Å². The lowest BCUT2D eigenvalue weighted by molar-refractivity contribution is -0.123. The van der Waals surface area contributed by atoms with Gasteiger partial charge < -0.3 is 10.1 Å². The molecule has 9 heteroatoms. The Morgan fingerprint density at radius 3 is 2.50 bits per heavy atom. The van der Waals surface area contributed by atoms with Crippen LogP contribution in [0.3, 0.4) is 0 Å². The second kappa shape index (κ2) is 9.19. The van der Waals surface area contributed by atoms with E-state index in [-0.39, 0.29) is 23.2 Å². The number of hydrogen-bond donors (Lipinski definition) is 3. The molecule has 0 spiro atoms. The summed E-state index contributed by atoms with van der Waals surface area (Å²) in [6.07, 6.45) is 1.38. The van der Waals surface area contributed by atoms with Gasteiger partial charge in [-0.1, -0.05) is 33.6 Å². The van der Waals surface area contributed by atoms with Crippen LogP contribution in [-0.4, -0.2) is 29.4 Å². The van der Waals surface area contributed by atoms with Crippen molar-refractivity contribution >= 4 is 62.7 Å². The molecule has 3 N–H and O–H groups in total. The Labute approximate surface area is 187 Å². The fourth-order valence-electron chi connectivity index (χ4n) is 2.81. The van der Waals surface area contributed by atoms with Crippen molar-refractivity contribution in [3.8, 4) is 5.75 Å². The van der Waals surface area contributed by atoms with E-state index >= 15 is 0 Å². The van der Waals surface area contributed by atoms with Crippen LogP contribution in [0.1, 0.15) is 16.7 Å². The van der Waals surface area contributed by atoms with Crippen LogP contribution < -0.4 is 20.7 Å². The summed E-state index contributed by atoms with van der Waals surface area (Å²) < 4.78 is 6.37. The minimum Gasteiger partial charge on any atom is -0.483 e. The van der Waals surface area contributed by atoms with Gasteiger partial charge in [0, 0.05) is 15.7 Å². The van der Waals surface area contributed by atoms with E-state index in [0.29, 0.717) is 21.5 Å². The maximum absolute atomic E-state index is 12.3. The Kier molecular flexibility index (Phi) is 6.63. The number of hydrogen-bond acceptors (Lipinski definition) is 5. The highest BCUT2D eigenvalue weighted by Gasteiger charge is 2.26. The van der Waals surface area contributed by atoms with Crippen molar-refractivity contribution in [2.45, 2.75) is 13.8 Å². The number of carbonyl (C=O) groups is 3. The summed E-state index contributed by atoms with van der Waals surface area (Å²) in [7, 11) is 0. The van der Waals surface area contributed by atoms with Crippen molar-refractivity contribution in [2.24, 2.45) is 0 Å². The van der Waals surface area contributed by atoms with Crippen molar-refractivity contribution in [1.29, 1.82) is 0 Å². The summed E-state index contributed by atoms with van der Waals surface area (Å²) in [5, 5.41) is 7.52. The van der Waals surface area contributed by atoms with Gasteiger partial charge in [-0.3, -0.25) is 25.0 Å². The summed E-state index contributed by atoms with van der Waals surface area (Å²) >= 11 is 8.15. The summed E-state index contributed by atoms with van der Waals surface area (Å²) in [5.41, 5.74) is 3.09. The fourth-order valence-corrected chi connectivity index (χ4v) is 3.37. The smallest absolute Gasteiger partial charge is 0.263 e. The third kappa shape index (κ3) is 5.31. The molecule has 0 aliphatic carbocycles. The molecule has 1 aliphatic heterocycles. The van der Waals surface area contributed by atoms with Crippen molar-refractivity contribution in [3.05, 3.63) is 63.1 Å². The van der Waals surface area contributed by atoms with E-state index in [0.717, 1.165) is 11.1 Å². The van der Waals surface area contributed by atoms with Gasteiger partial charge in [0.1, 0.15) is 11.3 Å². The number of aryl methyl sites for hydroxylation is 2. The highest BCUT2D eigenvalue weighted by Crippen LogP contribution is 2.26. The first-order valence-electron chi connectivity index (χ1n) is 8.91. The topological polar surface area (TPSA) is 96.5 Å². The number of rotatable bonds is 5. The number of halogens is 1. The Morgan fingerprint density at radius 2 is 1.83 bits per heavy atom. The van der Waals surface area contributed by atoms with Gasteiger partial charge in [-0.05, 0) is 62.0 Å². The minimum absolute atomic E-state index is 0.0454. The van der Waals surface area contributed by atoms with Crippen LogP contribution in [-0.2, 0) is 14.4 Å². The molecule has 1 aliphatic rings. The number of nitrogens with one attached hydrogen (secondary N) is 3. The molecule has 3 rings (SSSR count). The van der Waals surface area contributed by atoms with Gasteiger partial charge in [0.2, 0.25) is 0 Å². The Morgan fingerprint density at radius 1 is 1.13 bits per heavy atom. The van der Waals surface area contributed by atoms with Gasteiger partial charge in [-0.25, -0.2) is 0 Å². The molecule has 3 amide bonds. The summed E-state index contributed by atoms with van der Waals surface area (Å²) in [6, 6.07) is 10.8. The molecule has 0 bridgehead atoms. The number of thiocarbonyl (C=S) groups is 1. The molecule has 0 saturated carbocycles. The van der Waals surface area contributed by atoms with Crippen molar-refractivity contribution in [1.82, 2.24) is 10.6 Å². The van der Waals surface area contributed by atoms with Gasteiger partial charge >= 0.3 is 0 Å².